The summed E-state index contributed by atoms with van der Waals surface area (Å²) in [6.45, 7) is 4.08. The summed E-state index contributed by atoms with van der Waals surface area (Å²) in [6.07, 6.45) is 2.34. The van der Waals surface area contributed by atoms with Crippen molar-refractivity contribution in [1.29, 1.82) is 0 Å². The molecule has 132 valence electrons. The molecule has 7 heteroatoms. The van der Waals surface area contributed by atoms with Crippen LogP contribution in [0.15, 0.2) is 24.3 Å². The van der Waals surface area contributed by atoms with E-state index in [2.05, 4.69) is 15.2 Å². The minimum absolute atomic E-state index is 0.165. The number of ether oxygens (including phenoxy) is 2. The van der Waals surface area contributed by atoms with Crippen molar-refractivity contribution in [2.75, 3.05) is 26.3 Å². The maximum absolute atomic E-state index is 13.2. The van der Waals surface area contributed by atoms with Gasteiger partial charge in [0.05, 0.1) is 24.4 Å². The molecule has 25 heavy (non-hydrogen) atoms. The molecule has 0 saturated carbocycles. The van der Waals surface area contributed by atoms with Crippen molar-refractivity contribution in [2.45, 2.75) is 37.6 Å². The van der Waals surface area contributed by atoms with E-state index < -0.39 is 0 Å². The second-order valence-electron chi connectivity index (χ2n) is 7.05. The van der Waals surface area contributed by atoms with Crippen molar-refractivity contribution in [2.24, 2.45) is 0 Å². The molecular formula is C18H21FN4O2. The third-order valence-electron chi connectivity index (χ3n) is 5.63. The highest BCUT2D eigenvalue weighted by molar-refractivity contribution is 5.61. The molecule has 0 unspecified atom stereocenters. The molecular weight excluding hydrogens is 323 g/mol. The molecule has 2 fully saturated rings. The van der Waals surface area contributed by atoms with Gasteiger partial charge in [-0.05, 0) is 37.1 Å². The summed E-state index contributed by atoms with van der Waals surface area (Å²) in [6, 6.07) is 7.18. The van der Waals surface area contributed by atoms with Crippen LogP contribution in [-0.2, 0) is 16.1 Å². The van der Waals surface area contributed by atoms with E-state index in [-0.39, 0.29) is 18.0 Å². The summed E-state index contributed by atoms with van der Waals surface area (Å²) in [4.78, 5) is 2.52. The molecule has 3 aliphatic heterocycles. The van der Waals surface area contributed by atoms with Crippen molar-refractivity contribution < 1.29 is 13.9 Å². The fraction of sp³-hybridized carbons (Fsp3) is 0.556. The first-order chi connectivity index (χ1) is 12.3. The monoisotopic (exact) mass is 344 g/mol. The van der Waals surface area contributed by atoms with E-state index in [9.17, 15) is 4.39 Å². The Kier molecular flexibility index (Phi) is 3.80. The predicted molar refractivity (Wildman–Crippen MR) is 88.4 cm³/mol. The first-order valence-electron chi connectivity index (χ1n) is 8.93. The lowest BCUT2D eigenvalue weighted by molar-refractivity contribution is -0.00870. The molecule has 2 aromatic rings. The molecule has 2 atom stereocenters. The van der Waals surface area contributed by atoms with E-state index in [1.807, 2.05) is 4.68 Å². The Balaban J connectivity index is 1.41. The van der Waals surface area contributed by atoms with Crippen molar-refractivity contribution in [3.05, 3.63) is 35.8 Å². The van der Waals surface area contributed by atoms with E-state index >= 15 is 0 Å². The molecule has 0 aliphatic carbocycles. The fourth-order valence-corrected chi connectivity index (χ4v) is 4.26. The maximum atomic E-state index is 13.2. The Morgan fingerprint density at radius 2 is 1.88 bits per heavy atom. The molecule has 0 spiro atoms. The first kappa shape index (κ1) is 15.4. The summed E-state index contributed by atoms with van der Waals surface area (Å²) in [5.74, 6) is -0.246. The van der Waals surface area contributed by atoms with Gasteiger partial charge in [-0.1, -0.05) is 5.21 Å². The van der Waals surface area contributed by atoms with Crippen LogP contribution in [0.25, 0.3) is 11.3 Å². The molecule has 1 aromatic heterocycles. The zero-order chi connectivity index (χ0) is 16.8. The van der Waals surface area contributed by atoms with Gasteiger partial charge in [-0.25, -0.2) is 9.07 Å². The highest BCUT2D eigenvalue weighted by Gasteiger charge is 2.42. The van der Waals surface area contributed by atoms with Crippen LogP contribution in [0.2, 0.25) is 0 Å². The number of hydrogen-bond acceptors (Lipinski definition) is 5. The number of fused-ring (bicyclic) bond motifs is 3. The Bertz CT molecular complexity index is 757. The van der Waals surface area contributed by atoms with Gasteiger partial charge in [-0.3, -0.25) is 4.90 Å². The molecule has 4 heterocycles. The van der Waals surface area contributed by atoms with Crippen LogP contribution in [-0.4, -0.2) is 58.3 Å². The average molecular weight is 344 g/mol. The molecule has 6 nitrogen and oxygen atoms in total. The van der Waals surface area contributed by atoms with E-state index in [4.69, 9.17) is 9.47 Å². The van der Waals surface area contributed by atoms with Crippen LogP contribution in [0.3, 0.4) is 0 Å². The molecule has 5 rings (SSSR count). The number of likely N-dealkylation sites (tertiary alicyclic amines) is 1. The van der Waals surface area contributed by atoms with Gasteiger partial charge in [0.1, 0.15) is 11.5 Å². The number of halogens is 1. The van der Waals surface area contributed by atoms with Crippen LogP contribution in [0.4, 0.5) is 4.39 Å². The Labute approximate surface area is 145 Å². The lowest BCUT2D eigenvalue weighted by Gasteiger charge is -2.30. The summed E-state index contributed by atoms with van der Waals surface area (Å²) in [5, 5.41) is 8.79. The largest absolute Gasteiger partial charge is 0.381 e. The standard InChI is InChI=1S/C18H21FN4O2/c19-13-3-1-12(2-4-13)18-16-11-25-17-10-22(14-5-7-24-8-6-14)9-15(17)23(16)21-20-18/h1-4,14-15,17H,5-11H2/t15-,17-/m1/s1. The van der Waals surface area contributed by atoms with Gasteiger partial charge in [-0.15, -0.1) is 5.10 Å². The highest BCUT2D eigenvalue weighted by atomic mass is 19.1. The fourth-order valence-electron chi connectivity index (χ4n) is 4.26. The second kappa shape index (κ2) is 6.16. The topological polar surface area (TPSA) is 52.4 Å². The Morgan fingerprint density at radius 3 is 2.68 bits per heavy atom. The maximum Gasteiger partial charge on any atom is 0.123 e. The van der Waals surface area contributed by atoms with Crippen molar-refractivity contribution in [3.63, 3.8) is 0 Å². The molecule has 3 aliphatic rings. The number of nitrogens with zero attached hydrogens (tertiary/aromatic N) is 4. The summed E-state index contributed by atoms with van der Waals surface area (Å²) < 4.78 is 26.8. The van der Waals surface area contributed by atoms with Crippen LogP contribution in [0.5, 0.6) is 0 Å². The van der Waals surface area contributed by atoms with Crippen LogP contribution in [0, 0.1) is 5.82 Å². The van der Waals surface area contributed by atoms with Gasteiger partial charge in [0.15, 0.2) is 0 Å². The van der Waals surface area contributed by atoms with Crippen molar-refractivity contribution in [1.82, 2.24) is 19.9 Å². The van der Waals surface area contributed by atoms with Crippen molar-refractivity contribution >= 4 is 0 Å². The second-order valence-corrected chi connectivity index (χ2v) is 7.05. The van der Waals surface area contributed by atoms with Gasteiger partial charge >= 0.3 is 0 Å². The summed E-state index contributed by atoms with van der Waals surface area (Å²) in [7, 11) is 0. The zero-order valence-corrected chi connectivity index (χ0v) is 14.0. The van der Waals surface area contributed by atoms with E-state index in [1.54, 1.807) is 12.1 Å². The van der Waals surface area contributed by atoms with E-state index in [0.717, 1.165) is 56.1 Å². The van der Waals surface area contributed by atoms with Gasteiger partial charge in [0.2, 0.25) is 0 Å². The van der Waals surface area contributed by atoms with Gasteiger partial charge in [-0.2, -0.15) is 0 Å². The van der Waals surface area contributed by atoms with E-state index in [1.165, 1.54) is 12.1 Å². The smallest absolute Gasteiger partial charge is 0.123 e. The van der Waals surface area contributed by atoms with Gasteiger partial charge in [0.25, 0.3) is 0 Å². The normalized spacial score (nSPS) is 27.2. The molecule has 1 aromatic carbocycles. The quantitative estimate of drug-likeness (QED) is 0.834. The molecule has 0 amide bonds. The minimum atomic E-state index is -0.246. The molecule has 2 saturated heterocycles. The van der Waals surface area contributed by atoms with Gasteiger partial charge < -0.3 is 9.47 Å². The Morgan fingerprint density at radius 1 is 1.08 bits per heavy atom. The van der Waals surface area contributed by atoms with E-state index in [0.29, 0.717) is 12.6 Å². The Hall–Kier alpha value is -1.83. The summed E-state index contributed by atoms with van der Waals surface area (Å²) >= 11 is 0. The minimum Gasteiger partial charge on any atom is -0.381 e. The van der Waals surface area contributed by atoms with Gasteiger partial charge in [0, 0.05) is 37.9 Å². The zero-order valence-electron chi connectivity index (χ0n) is 14.0. The third-order valence-corrected chi connectivity index (χ3v) is 5.63. The highest BCUT2D eigenvalue weighted by Crippen LogP contribution is 2.36. The molecule has 0 bridgehead atoms. The number of aromatic nitrogens is 3. The average Bonchev–Trinajstić information content (AvgIpc) is 3.27. The third kappa shape index (κ3) is 2.67. The SMILES string of the molecule is Fc1ccc(-c2nnn3c2CO[C@@H]2CN(C4CCOCC4)C[C@H]23)cc1. The summed E-state index contributed by atoms with van der Waals surface area (Å²) in [5.41, 5.74) is 2.66. The first-order valence-corrected chi connectivity index (χ1v) is 8.93. The van der Waals surface area contributed by atoms with Crippen molar-refractivity contribution in [3.8, 4) is 11.3 Å². The molecule has 0 N–H and O–H groups in total. The number of hydrogen-bond donors (Lipinski definition) is 0. The van der Waals surface area contributed by atoms with Crippen LogP contribution >= 0.6 is 0 Å². The van der Waals surface area contributed by atoms with Crippen LogP contribution in [0.1, 0.15) is 24.6 Å². The lowest BCUT2D eigenvalue weighted by atomic mass is 10.1. The predicted octanol–water partition coefficient (Wildman–Crippen LogP) is 2.02. The lowest BCUT2D eigenvalue weighted by Crippen LogP contribution is -2.38. The number of benzene rings is 1. The molecule has 0 radical (unpaired) electrons. The van der Waals surface area contributed by atoms with Crippen LogP contribution < -0.4 is 0 Å². The number of rotatable bonds is 2.